The van der Waals surface area contributed by atoms with Gasteiger partial charge in [0.25, 0.3) is 0 Å². The summed E-state index contributed by atoms with van der Waals surface area (Å²) in [6.45, 7) is 8.51. The zero-order chi connectivity index (χ0) is 14.5. The summed E-state index contributed by atoms with van der Waals surface area (Å²) in [6.07, 6.45) is 3.89. The highest BCUT2D eigenvalue weighted by Crippen LogP contribution is 2.26. The highest BCUT2D eigenvalue weighted by atomic mass is 32.1. The van der Waals surface area contributed by atoms with Crippen LogP contribution in [0.3, 0.4) is 0 Å². The topological polar surface area (TPSA) is 54.0 Å². The number of thiazole rings is 1. The zero-order valence-corrected chi connectivity index (χ0v) is 13.5. The number of amides is 1. The Labute approximate surface area is 125 Å². The van der Waals surface area contributed by atoms with Crippen LogP contribution in [0.1, 0.15) is 43.7 Å². The van der Waals surface area contributed by atoms with E-state index in [0.29, 0.717) is 18.3 Å². The van der Waals surface area contributed by atoms with Crippen molar-refractivity contribution in [3.8, 4) is 0 Å². The van der Waals surface area contributed by atoms with Crippen molar-refractivity contribution in [3.05, 3.63) is 10.6 Å². The summed E-state index contributed by atoms with van der Waals surface area (Å²) in [5.74, 6) is 1.22. The van der Waals surface area contributed by atoms with Crippen LogP contribution in [-0.2, 0) is 11.2 Å². The first kappa shape index (κ1) is 15.4. The number of aromatic nitrogens is 1. The largest absolute Gasteiger partial charge is 0.317 e. The molecule has 1 amide bonds. The lowest BCUT2D eigenvalue weighted by Gasteiger charge is -2.27. The maximum atomic E-state index is 12.1. The second-order valence-electron chi connectivity index (χ2n) is 5.69. The van der Waals surface area contributed by atoms with Crippen LogP contribution in [0.15, 0.2) is 0 Å². The molecule has 1 unspecified atom stereocenters. The Kier molecular flexibility index (Phi) is 5.54. The predicted octanol–water partition coefficient (Wildman–Crippen LogP) is 2.98. The molecule has 0 bridgehead atoms. The van der Waals surface area contributed by atoms with E-state index in [1.165, 1.54) is 17.7 Å². The second-order valence-corrected chi connectivity index (χ2v) is 6.90. The quantitative estimate of drug-likeness (QED) is 0.878. The first-order chi connectivity index (χ1) is 9.60. The van der Waals surface area contributed by atoms with Crippen molar-refractivity contribution in [1.29, 1.82) is 0 Å². The highest BCUT2D eigenvalue weighted by molar-refractivity contribution is 7.15. The summed E-state index contributed by atoms with van der Waals surface area (Å²) >= 11 is 1.58. The minimum atomic E-state index is 0.104. The molecular formula is C15H25N3OS. The van der Waals surface area contributed by atoms with Gasteiger partial charge in [-0.1, -0.05) is 13.8 Å². The third-order valence-corrected chi connectivity index (χ3v) is 5.10. The molecule has 1 fully saturated rings. The molecule has 0 saturated carbocycles. The maximum Gasteiger partial charge on any atom is 0.226 e. The predicted molar refractivity (Wildman–Crippen MR) is 84.2 cm³/mol. The maximum absolute atomic E-state index is 12.1. The Morgan fingerprint density at radius 3 is 2.80 bits per heavy atom. The van der Waals surface area contributed by atoms with Crippen molar-refractivity contribution in [2.75, 3.05) is 18.4 Å². The number of piperidine rings is 1. The molecule has 2 N–H and O–H groups in total. The van der Waals surface area contributed by atoms with E-state index < -0.39 is 0 Å². The molecular weight excluding hydrogens is 270 g/mol. The van der Waals surface area contributed by atoms with Crippen molar-refractivity contribution in [2.45, 2.75) is 46.5 Å². The Morgan fingerprint density at radius 2 is 2.20 bits per heavy atom. The van der Waals surface area contributed by atoms with E-state index >= 15 is 0 Å². The molecule has 0 aliphatic carbocycles. The van der Waals surface area contributed by atoms with Gasteiger partial charge in [0.05, 0.1) is 5.69 Å². The Morgan fingerprint density at radius 1 is 1.50 bits per heavy atom. The van der Waals surface area contributed by atoms with E-state index in [1.807, 2.05) is 0 Å². The lowest BCUT2D eigenvalue weighted by atomic mass is 9.84. The van der Waals surface area contributed by atoms with Gasteiger partial charge in [-0.05, 0) is 51.1 Å². The summed E-state index contributed by atoms with van der Waals surface area (Å²) in [5, 5.41) is 7.08. The van der Waals surface area contributed by atoms with Gasteiger partial charge >= 0.3 is 0 Å². The van der Waals surface area contributed by atoms with E-state index in [2.05, 4.69) is 36.4 Å². The molecule has 1 atom stereocenters. The fraction of sp³-hybridized carbons (Fsp3) is 0.733. The van der Waals surface area contributed by atoms with Gasteiger partial charge < -0.3 is 10.6 Å². The fourth-order valence-electron chi connectivity index (χ4n) is 2.85. The van der Waals surface area contributed by atoms with E-state index in [9.17, 15) is 4.79 Å². The first-order valence-electron chi connectivity index (χ1n) is 7.57. The fourth-order valence-corrected chi connectivity index (χ4v) is 3.77. The van der Waals surface area contributed by atoms with Crippen LogP contribution in [-0.4, -0.2) is 24.0 Å². The minimum absolute atomic E-state index is 0.104. The Hall–Kier alpha value is -0.940. The number of nitrogens with one attached hydrogen (secondary N) is 2. The van der Waals surface area contributed by atoms with Crippen molar-refractivity contribution in [2.24, 2.45) is 11.8 Å². The smallest absolute Gasteiger partial charge is 0.226 e. The molecule has 5 heteroatoms. The number of nitrogens with zero attached hydrogens (tertiary/aromatic N) is 1. The van der Waals surface area contributed by atoms with E-state index in [4.69, 9.17) is 0 Å². The Bertz CT molecular complexity index is 452. The average Bonchev–Trinajstić information content (AvgIpc) is 2.79. The number of carbonyl (C=O) groups is 1. The van der Waals surface area contributed by atoms with Crippen LogP contribution in [0.25, 0.3) is 0 Å². The van der Waals surface area contributed by atoms with Gasteiger partial charge in [-0.3, -0.25) is 4.79 Å². The molecule has 1 aromatic rings. The highest BCUT2D eigenvalue weighted by Gasteiger charge is 2.22. The molecule has 1 aromatic heterocycles. The summed E-state index contributed by atoms with van der Waals surface area (Å²) < 4.78 is 0. The second kappa shape index (κ2) is 7.18. The molecule has 20 heavy (non-hydrogen) atoms. The van der Waals surface area contributed by atoms with Crippen molar-refractivity contribution in [1.82, 2.24) is 10.3 Å². The van der Waals surface area contributed by atoms with Gasteiger partial charge in [0, 0.05) is 11.3 Å². The summed E-state index contributed by atoms with van der Waals surface area (Å²) in [7, 11) is 0. The monoisotopic (exact) mass is 295 g/mol. The van der Waals surface area contributed by atoms with Gasteiger partial charge in [0.1, 0.15) is 0 Å². The van der Waals surface area contributed by atoms with Gasteiger partial charge in [0.2, 0.25) is 5.91 Å². The summed E-state index contributed by atoms with van der Waals surface area (Å²) in [4.78, 5) is 17.8. The van der Waals surface area contributed by atoms with Crippen LogP contribution in [0.5, 0.6) is 0 Å². The molecule has 2 heterocycles. The number of carbonyl (C=O) groups excluding carboxylic acids is 1. The lowest BCUT2D eigenvalue weighted by molar-refractivity contribution is -0.117. The number of aryl methyl sites for hydroxylation is 2. The van der Waals surface area contributed by atoms with Crippen LogP contribution in [0, 0.1) is 18.8 Å². The number of anilines is 1. The normalized spacial score (nSPS) is 17.9. The Balaban J connectivity index is 1.84. The first-order valence-corrected chi connectivity index (χ1v) is 8.38. The van der Waals surface area contributed by atoms with Crippen LogP contribution < -0.4 is 10.6 Å². The minimum Gasteiger partial charge on any atom is -0.317 e. The average molecular weight is 295 g/mol. The van der Waals surface area contributed by atoms with Crippen LogP contribution in [0.2, 0.25) is 0 Å². The van der Waals surface area contributed by atoms with Gasteiger partial charge in [0.15, 0.2) is 5.13 Å². The van der Waals surface area contributed by atoms with E-state index in [-0.39, 0.29) is 5.91 Å². The van der Waals surface area contributed by atoms with E-state index in [0.717, 1.165) is 30.3 Å². The van der Waals surface area contributed by atoms with Crippen molar-refractivity contribution < 1.29 is 4.79 Å². The molecule has 1 aliphatic heterocycles. The molecule has 1 saturated heterocycles. The third kappa shape index (κ3) is 4.03. The molecule has 4 nitrogen and oxygen atoms in total. The molecule has 1 aliphatic rings. The molecule has 0 radical (unpaired) electrons. The van der Waals surface area contributed by atoms with Crippen molar-refractivity contribution >= 4 is 22.4 Å². The van der Waals surface area contributed by atoms with Gasteiger partial charge in [-0.2, -0.15) is 0 Å². The lowest BCUT2D eigenvalue weighted by Crippen LogP contribution is -2.32. The third-order valence-electron chi connectivity index (χ3n) is 4.17. The summed E-state index contributed by atoms with van der Waals surface area (Å²) in [6, 6.07) is 0. The van der Waals surface area contributed by atoms with Crippen LogP contribution >= 0.6 is 11.3 Å². The molecule has 0 spiro atoms. The zero-order valence-electron chi connectivity index (χ0n) is 12.7. The standard InChI is InChI=1S/C15H25N3OS/c1-4-13-11(3)20-15(17-13)18-14(19)9-10(2)12-5-7-16-8-6-12/h10,12,16H,4-9H2,1-3H3,(H,17,18,19). The molecule has 112 valence electrons. The number of hydrogen-bond acceptors (Lipinski definition) is 4. The van der Waals surface area contributed by atoms with Gasteiger partial charge in [-0.15, -0.1) is 11.3 Å². The SMILES string of the molecule is CCc1nc(NC(=O)CC(C)C2CCNCC2)sc1C. The number of hydrogen-bond donors (Lipinski definition) is 2. The molecule has 2 rings (SSSR count). The van der Waals surface area contributed by atoms with Gasteiger partial charge in [-0.25, -0.2) is 4.98 Å². The van der Waals surface area contributed by atoms with Crippen molar-refractivity contribution in [3.63, 3.8) is 0 Å². The summed E-state index contributed by atoms with van der Waals surface area (Å²) in [5.41, 5.74) is 1.09. The van der Waals surface area contributed by atoms with Crippen LogP contribution in [0.4, 0.5) is 5.13 Å². The molecule has 0 aromatic carbocycles. The van der Waals surface area contributed by atoms with E-state index in [1.54, 1.807) is 11.3 Å². The number of rotatable bonds is 5.